The summed E-state index contributed by atoms with van der Waals surface area (Å²) in [6, 6.07) is 7.92. The van der Waals surface area contributed by atoms with Crippen LogP contribution in [-0.4, -0.2) is 37.6 Å². The van der Waals surface area contributed by atoms with Crippen LogP contribution in [0.4, 0.5) is 0 Å². The lowest BCUT2D eigenvalue weighted by Crippen LogP contribution is -2.33. The number of nitrogens with zero attached hydrogens (tertiary/aromatic N) is 1. The van der Waals surface area contributed by atoms with E-state index in [0.717, 1.165) is 28.7 Å². The highest BCUT2D eigenvalue weighted by Crippen LogP contribution is 2.27. The van der Waals surface area contributed by atoms with Gasteiger partial charge in [-0.3, -0.25) is 4.79 Å². The lowest BCUT2D eigenvalue weighted by Gasteiger charge is -2.20. The van der Waals surface area contributed by atoms with Crippen molar-refractivity contribution >= 4 is 29.3 Å². The molecule has 1 atom stereocenters. The van der Waals surface area contributed by atoms with E-state index in [0.29, 0.717) is 19.5 Å². The smallest absolute Gasteiger partial charge is 0.225 e. The monoisotopic (exact) mass is 340 g/mol. The standard InChI is InChI=1S/C17H24N2O3.ClH/c1-4-15-14(13-7-5-6-8-16(13)22-15)11-19(2)17(20)9-12(10-18)21-3;/h5-8,12H,4,9-11,18H2,1-3H3;1H. The van der Waals surface area contributed by atoms with E-state index in [1.165, 1.54) is 0 Å². The molecule has 0 saturated heterocycles. The quantitative estimate of drug-likeness (QED) is 0.841. The summed E-state index contributed by atoms with van der Waals surface area (Å²) in [4.78, 5) is 14.0. The van der Waals surface area contributed by atoms with E-state index in [2.05, 4.69) is 6.92 Å². The first-order valence-electron chi connectivity index (χ1n) is 7.56. The molecule has 0 fully saturated rings. The number of carbonyl (C=O) groups is 1. The minimum Gasteiger partial charge on any atom is -0.461 e. The fourth-order valence-corrected chi connectivity index (χ4v) is 2.55. The van der Waals surface area contributed by atoms with E-state index in [4.69, 9.17) is 14.9 Å². The highest BCUT2D eigenvalue weighted by molar-refractivity contribution is 5.85. The van der Waals surface area contributed by atoms with Gasteiger partial charge in [-0.15, -0.1) is 12.4 Å². The van der Waals surface area contributed by atoms with Gasteiger partial charge in [-0.2, -0.15) is 0 Å². The average molecular weight is 341 g/mol. The van der Waals surface area contributed by atoms with Crippen molar-refractivity contribution in [1.29, 1.82) is 0 Å². The van der Waals surface area contributed by atoms with Gasteiger partial charge in [0.2, 0.25) is 5.91 Å². The summed E-state index contributed by atoms with van der Waals surface area (Å²) in [5.41, 5.74) is 7.52. The summed E-state index contributed by atoms with van der Waals surface area (Å²) < 4.78 is 11.0. The van der Waals surface area contributed by atoms with Gasteiger partial charge in [0.05, 0.1) is 12.5 Å². The molecule has 2 aromatic rings. The van der Waals surface area contributed by atoms with Crippen LogP contribution >= 0.6 is 12.4 Å². The number of halogens is 1. The van der Waals surface area contributed by atoms with Gasteiger partial charge in [0.25, 0.3) is 0 Å². The molecule has 128 valence electrons. The second-order valence-corrected chi connectivity index (χ2v) is 5.40. The van der Waals surface area contributed by atoms with Crippen molar-refractivity contribution in [2.75, 3.05) is 20.7 Å². The number of rotatable bonds is 7. The fraction of sp³-hybridized carbons (Fsp3) is 0.471. The van der Waals surface area contributed by atoms with Gasteiger partial charge in [-0.25, -0.2) is 0 Å². The summed E-state index contributed by atoms with van der Waals surface area (Å²) in [5.74, 6) is 0.951. The Bertz CT molecular complexity index is 638. The number of furan rings is 1. The predicted molar refractivity (Wildman–Crippen MR) is 93.8 cm³/mol. The highest BCUT2D eigenvalue weighted by atomic mass is 35.5. The molecule has 0 bridgehead atoms. The largest absolute Gasteiger partial charge is 0.461 e. The van der Waals surface area contributed by atoms with E-state index >= 15 is 0 Å². The molecule has 6 heteroatoms. The minimum atomic E-state index is -0.235. The maximum absolute atomic E-state index is 12.3. The Morgan fingerprint density at radius 1 is 1.39 bits per heavy atom. The second kappa shape index (κ2) is 8.91. The highest BCUT2D eigenvalue weighted by Gasteiger charge is 2.19. The van der Waals surface area contributed by atoms with Crippen LogP contribution in [0.2, 0.25) is 0 Å². The van der Waals surface area contributed by atoms with Crippen LogP contribution in [0, 0.1) is 0 Å². The number of nitrogens with two attached hydrogens (primary N) is 1. The number of carbonyl (C=O) groups excluding carboxylic acids is 1. The van der Waals surface area contributed by atoms with Crippen LogP contribution in [0.3, 0.4) is 0 Å². The molecule has 1 unspecified atom stereocenters. The van der Waals surface area contributed by atoms with E-state index < -0.39 is 0 Å². The van der Waals surface area contributed by atoms with Crippen LogP contribution in [0.25, 0.3) is 11.0 Å². The Morgan fingerprint density at radius 2 is 2.09 bits per heavy atom. The van der Waals surface area contributed by atoms with Crippen molar-refractivity contribution in [3.63, 3.8) is 0 Å². The van der Waals surface area contributed by atoms with Crippen molar-refractivity contribution in [1.82, 2.24) is 4.90 Å². The van der Waals surface area contributed by atoms with Gasteiger partial charge in [0.1, 0.15) is 11.3 Å². The topological polar surface area (TPSA) is 68.7 Å². The lowest BCUT2D eigenvalue weighted by molar-refractivity contribution is -0.132. The number of benzene rings is 1. The average Bonchev–Trinajstić information content (AvgIpc) is 2.90. The number of aryl methyl sites for hydroxylation is 1. The number of ether oxygens (including phenoxy) is 1. The van der Waals surface area contributed by atoms with Crippen molar-refractivity contribution in [3.05, 3.63) is 35.6 Å². The molecule has 1 amide bonds. The van der Waals surface area contributed by atoms with Crippen LogP contribution < -0.4 is 5.73 Å². The van der Waals surface area contributed by atoms with Gasteiger partial charge >= 0.3 is 0 Å². The maximum Gasteiger partial charge on any atom is 0.225 e. The lowest BCUT2D eigenvalue weighted by atomic mass is 10.1. The molecule has 0 aliphatic heterocycles. The van der Waals surface area contributed by atoms with Crippen molar-refractivity contribution in [2.45, 2.75) is 32.4 Å². The molecule has 1 heterocycles. The zero-order valence-electron chi connectivity index (χ0n) is 13.9. The summed E-state index contributed by atoms with van der Waals surface area (Å²) in [6.45, 7) is 2.92. The molecular weight excluding hydrogens is 316 g/mol. The van der Waals surface area contributed by atoms with Gasteiger partial charge in [0.15, 0.2) is 0 Å². The van der Waals surface area contributed by atoms with Crippen LogP contribution in [0.1, 0.15) is 24.7 Å². The van der Waals surface area contributed by atoms with E-state index in [1.807, 2.05) is 24.3 Å². The SMILES string of the molecule is CCc1oc2ccccc2c1CN(C)C(=O)CC(CN)OC.Cl. The Balaban J connectivity index is 0.00000264. The summed E-state index contributed by atoms with van der Waals surface area (Å²) in [7, 11) is 3.37. The molecule has 2 N–H and O–H groups in total. The zero-order chi connectivity index (χ0) is 16.1. The van der Waals surface area contributed by atoms with E-state index in [9.17, 15) is 4.79 Å². The molecular formula is C17H25ClN2O3. The number of hydrogen-bond acceptors (Lipinski definition) is 4. The Morgan fingerprint density at radius 3 is 2.70 bits per heavy atom. The third-order valence-corrected chi connectivity index (χ3v) is 3.92. The molecule has 1 aromatic carbocycles. The molecule has 2 rings (SSSR count). The first-order chi connectivity index (χ1) is 10.6. The second-order valence-electron chi connectivity index (χ2n) is 5.40. The number of methoxy groups -OCH3 is 1. The number of fused-ring (bicyclic) bond motifs is 1. The molecule has 1 aromatic heterocycles. The van der Waals surface area contributed by atoms with Crippen LogP contribution in [0.5, 0.6) is 0 Å². The van der Waals surface area contributed by atoms with Gasteiger partial charge in [-0.1, -0.05) is 25.1 Å². The predicted octanol–water partition coefficient (Wildman–Crippen LogP) is 2.74. The molecule has 0 aliphatic carbocycles. The van der Waals surface area contributed by atoms with Gasteiger partial charge < -0.3 is 19.8 Å². The van der Waals surface area contributed by atoms with Crippen LogP contribution in [0.15, 0.2) is 28.7 Å². The van der Waals surface area contributed by atoms with E-state index in [1.54, 1.807) is 19.1 Å². The third-order valence-electron chi connectivity index (χ3n) is 3.92. The first-order valence-corrected chi connectivity index (χ1v) is 7.56. The summed E-state index contributed by atoms with van der Waals surface area (Å²) >= 11 is 0. The third kappa shape index (κ3) is 4.47. The van der Waals surface area contributed by atoms with Crippen molar-refractivity contribution < 1.29 is 13.9 Å². The van der Waals surface area contributed by atoms with Crippen LogP contribution in [-0.2, 0) is 22.5 Å². The molecule has 0 spiro atoms. The number of hydrogen-bond donors (Lipinski definition) is 1. The number of para-hydroxylation sites is 1. The maximum atomic E-state index is 12.3. The van der Waals surface area contributed by atoms with E-state index in [-0.39, 0.29) is 24.4 Å². The number of amides is 1. The molecule has 5 nitrogen and oxygen atoms in total. The zero-order valence-corrected chi connectivity index (χ0v) is 14.7. The first kappa shape index (κ1) is 19.5. The summed E-state index contributed by atoms with van der Waals surface area (Å²) in [5, 5.41) is 1.07. The fourth-order valence-electron chi connectivity index (χ4n) is 2.55. The molecule has 0 aliphatic rings. The Labute approximate surface area is 143 Å². The molecule has 0 saturated carbocycles. The molecule has 23 heavy (non-hydrogen) atoms. The summed E-state index contributed by atoms with van der Waals surface area (Å²) in [6.07, 6.45) is 0.859. The Kier molecular flexibility index (Phi) is 7.55. The Hall–Kier alpha value is -1.56. The van der Waals surface area contributed by atoms with Gasteiger partial charge in [-0.05, 0) is 6.07 Å². The normalized spacial score (nSPS) is 12.0. The molecule has 0 radical (unpaired) electrons. The minimum absolute atomic E-state index is 0. The van der Waals surface area contributed by atoms with Crippen molar-refractivity contribution in [3.8, 4) is 0 Å². The van der Waals surface area contributed by atoms with Crippen molar-refractivity contribution in [2.24, 2.45) is 5.73 Å². The van der Waals surface area contributed by atoms with Gasteiger partial charge in [0, 0.05) is 44.6 Å².